The minimum atomic E-state index is 0.564. The van der Waals surface area contributed by atoms with Crippen molar-refractivity contribution < 1.29 is 4.74 Å². The summed E-state index contributed by atoms with van der Waals surface area (Å²) in [6.45, 7) is 2.13. The van der Waals surface area contributed by atoms with Crippen molar-refractivity contribution >= 4 is 0 Å². The quantitative estimate of drug-likeness (QED) is 0.366. The van der Waals surface area contributed by atoms with Crippen molar-refractivity contribution in [3.05, 3.63) is 12.2 Å². The molecular formula is C21H38O. The van der Waals surface area contributed by atoms with E-state index < -0.39 is 0 Å². The Bertz CT molecular complexity index is 293. The lowest BCUT2D eigenvalue weighted by molar-refractivity contribution is 0.0540. The maximum atomic E-state index is 5.49. The minimum Gasteiger partial charge on any atom is -0.381 e. The van der Waals surface area contributed by atoms with Gasteiger partial charge < -0.3 is 4.74 Å². The van der Waals surface area contributed by atoms with Crippen molar-refractivity contribution in [1.82, 2.24) is 0 Å². The summed E-state index contributed by atoms with van der Waals surface area (Å²) in [5.74, 6) is 3.09. The molecular weight excluding hydrogens is 268 g/mol. The van der Waals surface area contributed by atoms with E-state index in [2.05, 4.69) is 19.1 Å². The summed E-state index contributed by atoms with van der Waals surface area (Å²) in [6, 6.07) is 0. The first-order chi connectivity index (χ1) is 10.8. The minimum absolute atomic E-state index is 0.564. The molecule has 0 spiro atoms. The summed E-state index contributed by atoms with van der Waals surface area (Å²) < 4.78 is 5.49. The predicted molar refractivity (Wildman–Crippen MR) is 96.1 cm³/mol. The molecule has 128 valence electrons. The number of allylic oxidation sites excluding steroid dienone is 2. The molecule has 0 amide bonds. The highest BCUT2D eigenvalue weighted by Crippen LogP contribution is 2.37. The van der Waals surface area contributed by atoms with Gasteiger partial charge in [0, 0.05) is 7.11 Å². The maximum Gasteiger partial charge on any atom is 0.0571 e. The normalized spacial score (nSPS) is 33.4. The van der Waals surface area contributed by atoms with Gasteiger partial charge in [0.25, 0.3) is 0 Å². The number of hydrogen-bond donors (Lipinski definition) is 0. The van der Waals surface area contributed by atoms with Crippen LogP contribution in [0.2, 0.25) is 0 Å². The fraction of sp³-hybridized carbons (Fsp3) is 0.905. The summed E-state index contributed by atoms with van der Waals surface area (Å²) in [4.78, 5) is 0. The van der Waals surface area contributed by atoms with E-state index in [0.717, 1.165) is 17.8 Å². The molecule has 0 radical (unpaired) electrons. The predicted octanol–water partition coefficient (Wildman–Crippen LogP) is 6.52. The highest BCUT2D eigenvalue weighted by molar-refractivity contribution is 4.79. The second-order valence-electron chi connectivity index (χ2n) is 7.84. The molecule has 0 atom stereocenters. The van der Waals surface area contributed by atoms with E-state index in [4.69, 9.17) is 4.74 Å². The fourth-order valence-corrected chi connectivity index (χ4v) is 4.63. The van der Waals surface area contributed by atoms with Crippen LogP contribution in [0.1, 0.15) is 90.4 Å². The van der Waals surface area contributed by atoms with Gasteiger partial charge in [0.15, 0.2) is 0 Å². The van der Waals surface area contributed by atoms with E-state index in [1.165, 1.54) is 83.5 Å². The Labute approximate surface area is 138 Å². The van der Waals surface area contributed by atoms with Gasteiger partial charge in [-0.1, -0.05) is 57.1 Å². The maximum absolute atomic E-state index is 5.49. The standard InChI is InChI=1S/C21H38O/c1-3-4-5-6-7-18-8-10-19(11-9-18)12-13-20-14-16-21(22-2)17-15-20/h3-4,18-21H,5-17H2,1-2H3. The monoisotopic (exact) mass is 306 g/mol. The van der Waals surface area contributed by atoms with E-state index in [-0.39, 0.29) is 0 Å². The number of unbranched alkanes of at least 4 members (excludes halogenated alkanes) is 1. The van der Waals surface area contributed by atoms with Crippen LogP contribution in [0.3, 0.4) is 0 Å². The fourth-order valence-electron chi connectivity index (χ4n) is 4.63. The second-order valence-corrected chi connectivity index (χ2v) is 7.84. The SMILES string of the molecule is CC=CCCCC1CCC(CCC2CCC(OC)CC2)CC1. The Morgan fingerprint density at radius 3 is 1.77 bits per heavy atom. The van der Waals surface area contributed by atoms with Crippen LogP contribution in [0.15, 0.2) is 12.2 Å². The van der Waals surface area contributed by atoms with Crippen molar-refractivity contribution in [2.45, 2.75) is 96.5 Å². The van der Waals surface area contributed by atoms with Crippen LogP contribution in [0, 0.1) is 17.8 Å². The molecule has 2 saturated carbocycles. The summed E-state index contributed by atoms with van der Waals surface area (Å²) in [6.07, 6.45) is 23.7. The Hall–Kier alpha value is -0.300. The zero-order valence-corrected chi connectivity index (χ0v) is 15.1. The van der Waals surface area contributed by atoms with E-state index in [1.807, 2.05) is 7.11 Å². The second kappa shape index (κ2) is 10.5. The third-order valence-electron chi connectivity index (χ3n) is 6.30. The number of methoxy groups -OCH3 is 1. The summed E-state index contributed by atoms with van der Waals surface area (Å²) in [5.41, 5.74) is 0. The lowest BCUT2D eigenvalue weighted by Gasteiger charge is -2.31. The number of ether oxygens (including phenoxy) is 1. The largest absolute Gasteiger partial charge is 0.381 e. The van der Waals surface area contributed by atoms with Crippen molar-refractivity contribution in [3.8, 4) is 0 Å². The van der Waals surface area contributed by atoms with Gasteiger partial charge in [-0.3, -0.25) is 0 Å². The van der Waals surface area contributed by atoms with Crippen LogP contribution in [0.4, 0.5) is 0 Å². The van der Waals surface area contributed by atoms with Gasteiger partial charge in [0.2, 0.25) is 0 Å². The van der Waals surface area contributed by atoms with Gasteiger partial charge in [-0.2, -0.15) is 0 Å². The van der Waals surface area contributed by atoms with Gasteiger partial charge in [-0.15, -0.1) is 0 Å². The van der Waals surface area contributed by atoms with Crippen molar-refractivity contribution in [2.75, 3.05) is 7.11 Å². The average Bonchev–Trinajstić information content (AvgIpc) is 2.58. The number of rotatable bonds is 8. The highest BCUT2D eigenvalue weighted by atomic mass is 16.5. The van der Waals surface area contributed by atoms with Gasteiger partial charge >= 0.3 is 0 Å². The zero-order chi connectivity index (χ0) is 15.6. The molecule has 1 nitrogen and oxygen atoms in total. The Kier molecular flexibility index (Phi) is 8.59. The first-order valence-corrected chi connectivity index (χ1v) is 9.95. The molecule has 0 heterocycles. The summed E-state index contributed by atoms with van der Waals surface area (Å²) in [5, 5.41) is 0. The van der Waals surface area contributed by atoms with Crippen molar-refractivity contribution in [1.29, 1.82) is 0 Å². The summed E-state index contributed by atoms with van der Waals surface area (Å²) in [7, 11) is 1.88. The number of hydrogen-bond acceptors (Lipinski definition) is 1. The van der Waals surface area contributed by atoms with Crippen LogP contribution >= 0.6 is 0 Å². The first kappa shape index (κ1) is 18.0. The Balaban J connectivity index is 1.52. The molecule has 0 aromatic carbocycles. The molecule has 0 bridgehead atoms. The molecule has 0 N–H and O–H groups in total. The molecule has 1 heteroatoms. The molecule has 2 fully saturated rings. The van der Waals surface area contributed by atoms with Gasteiger partial charge in [-0.05, 0) is 63.2 Å². The molecule has 0 aliphatic heterocycles. The van der Waals surface area contributed by atoms with Gasteiger partial charge in [0.05, 0.1) is 6.10 Å². The highest BCUT2D eigenvalue weighted by Gasteiger charge is 2.24. The van der Waals surface area contributed by atoms with E-state index >= 15 is 0 Å². The average molecular weight is 307 g/mol. The van der Waals surface area contributed by atoms with Crippen LogP contribution in [-0.2, 0) is 4.74 Å². The van der Waals surface area contributed by atoms with Gasteiger partial charge in [0.1, 0.15) is 0 Å². The zero-order valence-electron chi connectivity index (χ0n) is 15.1. The lowest BCUT2D eigenvalue weighted by atomic mass is 9.76. The molecule has 2 aliphatic carbocycles. The Morgan fingerprint density at radius 1 is 0.773 bits per heavy atom. The molecule has 0 aromatic heterocycles. The third-order valence-corrected chi connectivity index (χ3v) is 6.30. The smallest absolute Gasteiger partial charge is 0.0571 e. The molecule has 2 aliphatic rings. The van der Waals surface area contributed by atoms with Crippen LogP contribution in [0.5, 0.6) is 0 Å². The Morgan fingerprint density at radius 2 is 1.27 bits per heavy atom. The van der Waals surface area contributed by atoms with E-state index in [9.17, 15) is 0 Å². The lowest BCUT2D eigenvalue weighted by Crippen LogP contribution is -2.21. The molecule has 0 unspecified atom stereocenters. The first-order valence-electron chi connectivity index (χ1n) is 9.95. The van der Waals surface area contributed by atoms with Crippen molar-refractivity contribution in [2.24, 2.45) is 17.8 Å². The van der Waals surface area contributed by atoms with Crippen LogP contribution in [0.25, 0.3) is 0 Å². The molecule has 0 aromatic rings. The summed E-state index contributed by atoms with van der Waals surface area (Å²) >= 11 is 0. The third kappa shape index (κ3) is 6.44. The molecule has 22 heavy (non-hydrogen) atoms. The topological polar surface area (TPSA) is 9.23 Å². The van der Waals surface area contributed by atoms with Gasteiger partial charge in [-0.25, -0.2) is 0 Å². The molecule has 0 saturated heterocycles. The van der Waals surface area contributed by atoms with E-state index in [1.54, 1.807) is 0 Å². The van der Waals surface area contributed by atoms with Crippen LogP contribution in [-0.4, -0.2) is 13.2 Å². The molecule has 2 rings (SSSR count). The van der Waals surface area contributed by atoms with Crippen molar-refractivity contribution in [3.63, 3.8) is 0 Å². The van der Waals surface area contributed by atoms with E-state index in [0.29, 0.717) is 6.10 Å². The van der Waals surface area contributed by atoms with Crippen LogP contribution < -0.4 is 0 Å².